The summed E-state index contributed by atoms with van der Waals surface area (Å²) in [6, 6.07) is 0.125. The molecule has 2 aliphatic rings. The highest BCUT2D eigenvalue weighted by Gasteiger charge is 2.37. The number of carbonyl (C=O) groups is 2. The van der Waals surface area contributed by atoms with Gasteiger partial charge < -0.3 is 15.0 Å². The summed E-state index contributed by atoms with van der Waals surface area (Å²) in [4.78, 5) is 25.9. The van der Waals surface area contributed by atoms with Crippen molar-refractivity contribution < 1.29 is 14.3 Å². The number of rotatable bonds is 4. The van der Waals surface area contributed by atoms with Crippen molar-refractivity contribution in [3.05, 3.63) is 0 Å². The second-order valence-electron chi connectivity index (χ2n) is 6.70. The highest BCUT2D eigenvalue weighted by atomic mass is 16.6. The molecule has 2 heterocycles. The van der Waals surface area contributed by atoms with E-state index in [9.17, 15) is 9.59 Å². The quantitative estimate of drug-likeness (QED) is 0.800. The maximum atomic E-state index is 12.1. The molecule has 1 N–H and O–H groups in total. The van der Waals surface area contributed by atoms with Gasteiger partial charge >= 0.3 is 5.97 Å². The van der Waals surface area contributed by atoms with E-state index in [4.69, 9.17) is 4.74 Å². The second-order valence-corrected chi connectivity index (χ2v) is 6.70. The maximum absolute atomic E-state index is 12.1. The first-order valence-electron chi connectivity index (χ1n) is 8.17. The number of piperidine rings is 1. The molecule has 4 atom stereocenters. The number of esters is 1. The monoisotopic (exact) mass is 296 g/mol. The van der Waals surface area contributed by atoms with Crippen LogP contribution >= 0.6 is 0 Å². The molecule has 5 heteroatoms. The van der Waals surface area contributed by atoms with Gasteiger partial charge in [0.25, 0.3) is 0 Å². The fraction of sp³-hybridized carbons (Fsp3) is 0.875. The molecule has 0 radical (unpaired) electrons. The Bertz CT molecular complexity index is 397. The molecule has 0 aromatic heterocycles. The lowest BCUT2D eigenvalue weighted by atomic mass is 9.88. The fourth-order valence-electron chi connectivity index (χ4n) is 3.38. The van der Waals surface area contributed by atoms with Gasteiger partial charge in [0.1, 0.15) is 12.1 Å². The zero-order chi connectivity index (χ0) is 15.6. The molecule has 0 aromatic carbocycles. The largest absolute Gasteiger partial charge is 0.461 e. The van der Waals surface area contributed by atoms with Crippen LogP contribution in [0.1, 0.15) is 47.0 Å². The van der Waals surface area contributed by atoms with E-state index in [2.05, 4.69) is 12.2 Å². The van der Waals surface area contributed by atoms with Crippen LogP contribution < -0.4 is 5.32 Å². The maximum Gasteiger partial charge on any atom is 0.323 e. The minimum absolute atomic E-state index is 0.0117. The lowest BCUT2D eigenvalue weighted by Gasteiger charge is -2.40. The topological polar surface area (TPSA) is 58.6 Å². The molecule has 2 rings (SSSR count). The van der Waals surface area contributed by atoms with E-state index >= 15 is 0 Å². The van der Waals surface area contributed by atoms with Gasteiger partial charge in [-0.05, 0) is 19.3 Å². The molecule has 0 spiro atoms. The molecule has 2 saturated heterocycles. The molecular formula is C16H28N2O3. The van der Waals surface area contributed by atoms with E-state index < -0.39 is 0 Å². The molecule has 0 aliphatic carbocycles. The Hall–Kier alpha value is -1.10. The Morgan fingerprint density at radius 2 is 2.19 bits per heavy atom. The van der Waals surface area contributed by atoms with Crippen molar-refractivity contribution in [3.8, 4) is 0 Å². The van der Waals surface area contributed by atoms with Gasteiger partial charge in [0, 0.05) is 31.5 Å². The molecule has 0 saturated carbocycles. The van der Waals surface area contributed by atoms with Gasteiger partial charge in [0.05, 0.1) is 0 Å². The van der Waals surface area contributed by atoms with Crippen LogP contribution in [0.25, 0.3) is 0 Å². The Kier molecular flexibility index (Phi) is 5.25. The molecule has 120 valence electrons. The molecule has 0 unspecified atom stereocenters. The second kappa shape index (κ2) is 6.77. The Morgan fingerprint density at radius 1 is 1.48 bits per heavy atom. The van der Waals surface area contributed by atoms with Gasteiger partial charge in [-0.3, -0.25) is 9.59 Å². The summed E-state index contributed by atoms with van der Waals surface area (Å²) in [5.41, 5.74) is 0. The van der Waals surface area contributed by atoms with E-state index in [0.717, 1.165) is 32.4 Å². The van der Waals surface area contributed by atoms with E-state index in [1.165, 1.54) is 0 Å². The van der Waals surface area contributed by atoms with Crippen LogP contribution in [0.4, 0.5) is 0 Å². The predicted octanol–water partition coefficient (Wildman–Crippen LogP) is 1.56. The molecule has 5 nitrogen and oxygen atoms in total. The van der Waals surface area contributed by atoms with E-state index in [-0.39, 0.29) is 29.9 Å². The van der Waals surface area contributed by atoms with Gasteiger partial charge in [-0.25, -0.2) is 0 Å². The number of carbonyl (C=O) groups excluding carboxylic acids is 2. The van der Waals surface area contributed by atoms with Crippen molar-refractivity contribution in [2.75, 3.05) is 13.1 Å². The fourth-order valence-corrected chi connectivity index (χ4v) is 3.38. The van der Waals surface area contributed by atoms with Crippen LogP contribution in [-0.4, -0.2) is 48.1 Å². The summed E-state index contributed by atoms with van der Waals surface area (Å²) < 4.78 is 5.21. The number of cyclic esters (lactones) is 1. The van der Waals surface area contributed by atoms with Crippen LogP contribution in [-0.2, 0) is 14.3 Å². The van der Waals surface area contributed by atoms with Gasteiger partial charge in [0.15, 0.2) is 0 Å². The Labute approximate surface area is 127 Å². The van der Waals surface area contributed by atoms with Crippen LogP contribution in [0, 0.1) is 11.8 Å². The number of amides is 1. The van der Waals surface area contributed by atoms with Crippen molar-refractivity contribution in [1.29, 1.82) is 0 Å². The molecule has 21 heavy (non-hydrogen) atoms. The molecule has 2 fully saturated rings. The normalized spacial score (nSPS) is 33.4. The average Bonchev–Trinajstić information content (AvgIpc) is 2.76. The van der Waals surface area contributed by atoms with Gasteiger partial charge in [0.2, 0.25) is 5.91 Å². The summed E-state index contributed by atoms with van der Waals surface area (Å²) in [5.74, 6) is 0.571. The summed E-state index contributed by atoms with van der Waals surface area (Å²) >= 11 is 0. The van der Waals surface area contributed by atoms with Crippen molar-refractivity contribution in [1.82, 2.24) is 10.2 Å². The lowest BCUT2D eigenvalue weighted by Crippen LogP contribution is -2.54. The number of hydrogen-bond donors (Lipinski definition) is 1. The third-order valence-electron chi connectivity index (χ3n) is 4.65. The summed E-state index contributed by atoms with van der Waals surface area (Å²) in [5, 5.41) is 3.48. The number of ether oxygens (including phenoxy) is 1. The van der Waals surface area contributed by atoms with Crippen molar-refractivity contribution in [3.63, 3.8) is 0 Å². The molecular weight excluding hydrogens is 268 g/mol. The zero-order valence-electron chi connectivity index (χ0n) is 13.6. The molecule has 2 aliphatic heterocycles. The van der Waals surface area contributed by atoms with Crippen molar-refractivity contribution >= 4 is 11.9 Å². The average molecular weight is 296 g/mol. The Morgan fingerprint density at radius 3 is 2.71 bits per heavy atom. The number of likely N-dealkylation sites (tertiary alicyclic amines) is 1. The third-order valence-corrected chi connectivity index (χ3v) is 4.65. The summed E-state index contributed by atoms with van der Waals surface area (Å²) in [6.45, 7) is 9.55. The van der Waals surface area contributed by atoms with Gasteiger partial charge in [-0.2, -0.15) is 0 Å². The zero-order valence-corrected chi connectivity index (χ0v) is 13.6. The summed E-state index contributed by atoms with van der Waals surface area (Å²) in [6.07, 6.45) is 2.68. The highest BCUT2D eigenvalue weighted by Crippen LogP contribution is 2.24. The van der Waals surface area contributed by atoms with E-state index in [1.807, 2.05) is 25.7 Å². The first-order valence-corrected chi connectivity index (χ1v) is 8.17. The van der Waals surface area contributed by atoms with Crippen LogP contribution in [0.2, 0.25) is 0 Å². The summed E-state index contributed by atoms with van der Waals surface area (Å²) in [7, 11) is 0. The smallest absolute Gasteiger partial charge is 0.323 e. The van der Waals surface area contributed by atoms with Crippen molar-refractivity contribution in [2.24, 2.45) is 11.8 Å². The number of hydrogen-bond acceptors (Lipinski definition) is 4. The molecule has 1 amide bonds. The SMILES string of the molecule is CC[C@@H]1CN(C(=O)C(C)C)CC[C@@H]1N[C@H]1C[C@@H](C)OC1=O. The number of nitrogens with zero attached hydrogens (tertiary/aromatic N) is 1. The predicted molar refractivity (Wildman–Crippen MR) is 80.7 cm³/mol. The van der Waals surface area contributed by atoms with E-state index in [0.29, 0.717) is 12.0 Å². The Balaban J connectivity index is 1.93. The van der Waals surface area contributed by atoms with Gasteiger partial charge in [-0.15, -0.1) is 0 Å². The first kappa shape index (κ1) is 16.3. The lowest BCUT2D eigenvalue weighted by molar-refractivity contribution is -0.143. The van der Waals surface area contributed by atoms with Gasteiger partial charge in [-0.1, -0.05) is 27.2 Å². The van der Waals surface area contributed by atoms with Crippen molar-refractivity contribution in [2.45, 2.75) is 65.1 Å². The van der Waals surface area contributed by atoms with E-state index in [1.54, 1.807) is 0 Å². The standard InChI is InChI=1S/C16H28N2O3/c1-5-12-9-18(15(19)10(2)3)7-6-13(12)17-14-8-11(4)21-16(14)20/h10-14,17H,5-9H2,1-4H3/t11-,12-,13+,14+/m1/s1. The minimum atomic E-state index is -0.175. The van der Waals surface area contributed by atoms with Crippen LogP contribution in [0.3, 0.4) is 0 Å². The van der Waals surface area contributed by atoms with Crippen LogP contribution in [0.5, 0.6) is 0 Å². The third kappa shape index (κ3) is 3.76. The minimum Gasteiger partial charge on any atom is -0.461 e. The molecule has 0 bridgehead atoms. The van der Waals surface area contributed by atoms with Crippen LogP contribution in [0.15, 0.2) is 0 Å². The molecule has 0 aromatic rings. The first-order chi connectivity index (χ1) is 9.92. The number of nitrogens with one attached hydrogen (secondary N) is 1. The highest BCUT2D eigenvalue weighted by molar-refractivity contribution is 5.78.